The Balaban J connectivity index is 1.86. The van der Waals surface area contributed by atoms with E-state index in [0.717, 1.165) is 36.6 Å². The molecule has 21 heavy (non-hydrogen) atoms. The molecule has 3 rings (SSSR count). The maximum atomic E-state index is 12.7. The van der Waals surface area contributed by atoms with Crippen molar-refractivity contribution in [2.24, 2.45) is 0 Å². The molecule has 1 aromatic heterocycles. The number of carbonyl (C=O) groups is 1. The van der Waals surface area contributed by atoms with E-state index in [9.17, 15) is 9.90 Å². The van der Waals surface area contributed by atoms with Gasteiger partial charge < -0.3 is 10.0 Å². The normalized spacial score (nSPS) is 17.0. The average molecular weight is 284 g/mol. The molecule has 0 atom stereocenters. The smallest absolute Gasteiger partial charge is 0.254 e. The highest BCUT2D eigenvalue weighted by molar-refractivity contribution is 6.06. The van der Waals surface area contributed by atoms with Crippen LogP contribution in [0.5, 0.6) is 0 Å². The van der Waals surface area contributed by atoms with Gasteiger partial charge in [-0.2, -0.15) is 0 Å². The first kappa shape index (κ1) is 14.0. The van der Waals surface area contributed by atoms with Gasteiger partial charge in [-0.3, -0.25) is 9.78 Å². The lowest BCUT2D eigenvalue weighted by molar-refractivity contribution is 0.0157. The standard InChI is InChI=1S/C17H20N2O2/c1-19(12-17(21)9-2-3-10-17)16(20)14-6-4-8-15-13(14)7-5-11-18-15/h4-8,11,21H,2-3,9-10,12H2,1H3. The molecule has 1 aromatic carbocycles. The molecule has 4 heteroatoms. The van der Waals surface area contributed by atoms with Crippen molar-refractivity contribution < 1.29 is 9.90 Å². The van der Waals surface area contributed by atoms with Crippen LogP contribution < -0.4 is 0 Å². The van der Waals surface area contributed by atoms with Crippen LogP contribution in [0.25, 0.3) is 10.9 Å². The number of hydrogen-bond donors (Lipinski definition) is 1. The highest BCUT2D eigenvalue weighted by Gasteiger charge is 2.33. The van der Waals surface area contributed by atoms with E-state index in [1.165, 1.54) is 0 Å². The predicted molar refractivity (Wildman–Crippen MR) is 82.1 cm³/mol. The van der Waals surface area contributed by atoms with Crippen molar-refractivity contribution >= 4 is 16.8 Å². The van der Waals surface area contributed by atoms with Crippen molar-refractivity contribution in [3.8, 4) is 0 Å². The Hall–Kier alpha value is -1.94. The van der Waals surface area contributed by atoms with Gasteiger partial charge in [-0.15, -0.1) is 0 Å². The molecule has 0 aliphatic heterocycles. The number of amides is 1. The topological polar surface area (TPSA) is 53.4 Å². The second-order valence-corrected chi connectivity index (χ2v) is 5.97. The van der Waals surface area contributed by atoms with Crippen LogP contribution in [-0.4, -0.2) is 40.1 Å². The van der Waals surface area contributed by atoms with Crippen LogP contribution in [0.2, 0.25) is 0 Å². The molecule has 0 saturated heterocycles. The third kappa shape index (κ3) is 2.76. The first-order chi connectivity index (χ1) is 10.1. The second-order valence-electron chi connectivity index (χ2n) is 5.97. The Labute approximate surface area is 124 Å². The minimum absolute atomic E-state index is 0.0612. The summed E-state index contributed by atoms with van der Waals surface area (Å²) in [7, 11) is 1.76. The number of hydrogen-bond acceptors (Lipinski definition) is 3. The van der Waals surface area contributed by atoms with E-state index >= 15 is 0 Å². The zero-order chi connectivity index (χ0) is 14.9. The summed E-state index contributed by atoms with van der Waals surface area (Å²) in [5.74, 6) is -0.0612. The van der Waals surface area contributed by atoms with Gasteiger partial charge in [0.25, 0.3) is 5.91 Å². The van der Waals surface area contributed by atoms with Crippen molar-refractivity contribution in [1.29, 1.82) is 0 Å². The van der Waals surface area contributed by atoms with Gasteiger partial charge in [0.05, 0.1) is 11.1 Å². The maximum absolute atomic E-state index is 12.7. The predicted octanol–water partition coefficient (Wildman–Crippen LogP) is 2.61. The number of rotatable bonds is 3. The minimum Gasteiger partial charge on any atom is -0.388 e. The number of likely N-dealkylation sites (N-methyl/N-ethyl adjacent to an activating group) is 1. The lowest BCUT2D eigenvalue weighted by Crippen LogP contribution is -2.42. The molecule has 110 valence electrons. The Morgan fingerprint density at radius 3 is 2.81 bits per heavy atom. The molecule has 0 radical (unpaired) electrons. The monoisotopic (exact) mass is 284 g/mol. The molecule has 0 bridgehead atoms. The van der Waals surface area contributed by atoms with E-state index in [1.807, 2.05) is 30.3 Å². The van der Waals surface area contributed by atoms with Crippen molar-refractivity contribution in [3.63, 3.8) is 0 Å². The van der Waals surface area contributed by atoms with Gasteiger partial charge in [-0.05, 0) is 31.0 Å². The molecule has 1 N–H and O–H groups in total. The first-order valence-electron chi connectivity index (χ1n) is 7.41. The quantitative estimate of drug-likeness (QED) is 0.942. The number of benzene rings is 1. The van der Waals surface area contributed by atoms with E-state index < -0.39 is 5.60 Å². The van der Waals surface area contributed by atoms with Crippen LogP contribution in [0.15, 0.2) is 36.5 Å². The van der Waals surface area contributed by atoms with E-state index in [0.29, 0.717) is 12.1 Å². The van der Waals surface area contributed by atoms with E-state index in [2.05, 4.69) is 4.98 Å². The minimum atomic E-state index is -0.715. The molecular formula is C17H20N2O2. The van der Waals surface area contributed by atoms with Crippen molar-refractivity contribution in [3.05, 3.63) is 42.1 Å². The average Bonchev–Trinajstić information content (AvgIpc) is 2.92. The summed E-state index contributed by atoms with van der Waals surface area (Å²) in [5.41, 5.74) is 0.744. The van der Waals surface area contributed by atoms with Crippen LogP contribution in [0.1, 0.15) is 36.0 Å². The lowest BCUT2D eigenvalue weighted by atomic mass is 10.0. The molecule has 1 aliphatic rings. The van der Waals surface area contributed by atoms with Gasteiger partial charge in [-0.1, -0.05) is 25.0 Å². The number of aliphatic hydroxyl groups is 1. The maximum Gasteiger partial charge on any atom is 0.254 e. The molecule has 4 nitrogen and oxygen atoms in total. The van der Waals surface area contributed by atoms with E-state index in [-0.39, 0.29) is 5.91 Å². The fourth-order valence-electron chi connectivity index (χ4n) is 3.20. The second kappa shape index (κ2) is 5.45. The van der Waals surface area contributed by atoms with Crippen LogP contribution in [0.4, 0.5) is 0 Å². The Bertz CT molecular complexity index is 657. The Kier molecular flexibility index (Phi) is 3.64. The molecule has 2 aromatic rings. The fraction of sp³-hybridized carbons (Fsp3) is 0.412. The summed E-state index contributed by atoms with van der Waals surface area (Å²) < 4.78 is 0. The van der Waals surface area contributed by atoms with Gasteiger partial charge >= 0.3 is 0 Å². The van der Waals surface area contributed by atoms with E-state index in [4.69, 9.17) is 0 Å². The zero-order valence-corrected chi connectivity index (χ0v) is 12.2. The first-order valence-corrected chi connectivity index (χ1v) is 7.41. The van der Waals surface area contributed by atoms with Crippen LogP contribution >= 0.6 is 0 Å². The van der Waals surface area contributed by atoms with Crippen molar-refractivity contribution in [2.45, 2.75) is 31.3 Å². The Morgan fingerprint density at radius 1 is 1.29 bits per heavy atom. The molecule has 1 fully saturated rings. The largest absolute Gasteiger partial charge is 0.388 e. The fourth-order valence-corrected chi connectivity index (χ4v) is 3.20. The molecule has 1 heterocycles. The van der Waals surface area contributed by atoms with E-state index in [1.54, 1.807) is 18.1 Å². The summed E-state index contributed by atoms with van der Waals surface area (Å²) >= 11 is 0. The summed E-state index contributed by atoms with van der Waals surface area (Å²) in [6.45, 7) is 0.391. The Morgan fingerprint density at radius 2 is 2.05 bits per heavy atom. The molecular weight excluding hydrogens is 264 g/mol. The SMILES string of the molecule is CN(CC1(O)CCCC1)C(=O)c1cccc2ncccc12. The van der Waals surface area contributed by atoms with Crippen LogP contribution in [0, 0.1) is 0 Å². The van der Waals surface area contributed by atoms with Gasteiger partial charge in [0.2, 0.25) is 0 Å². The van der Waals surface area contributed by atoms with Crippen molar-refractivity contribution in [1.82, 2.24) is 9.88 Å². The number of carbonyl (C=O) groups excluding carboxylic acids is 1. The number of nitrogens with zero attached hydrogens (tertiary/aromatic N) is 2. The summed E-state index contributed by atoms with van der Waals surface area (Å²) in [4.78, 5) is 18.6. The third-order valence-corrected chi connectivity index (χ3v) is 4.29. The zero-order valence-electron chi connectivity index (χ0n) is 12.2. The van der Waals surface area contributed by atoms with Crippen LogP contribution in [0.3, 0.4) is 0 Å². The summed E-state index contributed by atoms with van der Waals surface area (Å²) in [5, 5.41) is 11.3. The van der Waals surface area contributed by atoms with Gasteiger partial charge in [0.1, 0.15) is 0 Å². The van der Waals surface area contributed by atoms with Gasteiger partial charge in [0, 0.05) is 30.7 Å². The number of fused-ring (bicyclic) bond motifs is 1. The third-order valence-electron chi connectivity index (χ3n) is 4.29. The molecule has 1 saturated carbocycles. The highest BCUT2D eigenvalue weighted by Crippen LogP contribution is 2.30. The van der Waals surface area contributed by atoms with Gasteiger partial charge in [-0.25, -0.2) is 0 Å². The summed E-state index contributed by atoms with van der Waals surface area (Å²) in [6.07, 6.45) is 5.36. The lowest BCUT2D eigenvalue weighted by Gasteiger charge is -2.28. The molecule has 1 aliphatic carbocycles. The summed E-state index contributed by atoms with van der Waals surface area (Å²) in [6, 6.07) is 9.32. The molecule has 0 spiro atoms. The molecule has 0 unspecified atom stereocenters. The number of aromatic nitrogens is 1. The highest BCUT2D eigenvalue weighted by atomic mass is 16.3. The van der Waals surface area contributed by atoms with Crippen LogP contribution in [-0.2, 0) is 0 Å². The van der Waals surface area contributed by atoms with Gasteiger partial charge in [0.15, 0.2) is 0 Å². The molecule has 1 amide bonds. The number of pyridine rings is 1. The van der Waals surface area contributed by atoms with Crippen molar-refractivity contribution in [2.75, 3.05) is 13.6 Å².